The average molecular weight is 417 g/mol. The van der Waals surface area contributed by atoms with Crippen LogP contribution in [0.5, 0.6) is 11.5 Å². The Bertz CT molecular complexity index is 689. The van der Waals surface area contributed by atoms with Gasteiger partial charge in [0.15, 0.2) is 11.5 Å². The van der Waals surface area contributed by atoms with E-state index < -0.39 is 0 Å². The first-order chi connectivity index (χ1) is 14.5. The van der Waals surface area contributed by atoms with Gasteiger partial charge < -0.3 is 14.9 Å². The topological polar surface area (TPSA) is 66.8 Å². The van der Waals surface area contributed by atoms with Gasteiger partial charge in [-0.05, 0) is 93.2 Å². The van der Waals surface area contributed by atoms with Gasteiger partial charge in [0.05, 0.1) is 0 Å². The Morgan fingerprint density at radius 1 is 0.867 bits per heavy atom. The fourth-order valence-electron chi connectivity index (χ4n) is 4.56. The fourth-order valence-corrected chi connectivity index (χ4v) is 4.56. The van der Waals surface area contributed by atoms with Crippen molar-refractivity contribution in [1.29, 1.82) is 0 Å². The third-order valence-corrected chi connectivity index (χ3v) is 7.26. The number of aryl methyl sites for hydroxylation is 2. The molecular formula is C26H40O4. The first kappa shape index (κ1) is 23.0. The molecule has 0 unspecified atom stereocenters. The second-order valence-electron chi connectivity index (χ2n) is 10.2. The summed E-state index contributed by atoms with van der Waals surface area (Å²) in [5.41, 5.74) is 2.53. The Hall–Kier alpha value is -1.71. The van der Waals surface area contributed by atoms with Crippen molar-refractivity contribution in [3.63, 3.8) is 0 Å². The normalized spacial score (nSPS) is 18.2. The van der Waals surface area contributed by atoms with Crippen molar-refractivity contribution < 1.29 is 19.7 Å². The molecule has 0 spiro atoms. The number of benzene rings is 1. The smallest absolute Gasteiger partial charge is 0.293 e. The van der Waals surface area contributed by atoms with Crippen LogP contribution in [0.3, 0.4) is 0 Å². The van der Waals surface area contributed by atoms with Gasteiger partial charge in [0.1, 0.15) is 5.60 Å². The van der Waals surface area contributed by atoms with Crippen LogP contribution in [0, 0.1) is 5.41 Å². The second kappa shape index (κ2) is 10.5. The molecule has 3 rings (SSSR count). The van der Waals surface area contributed by atoms with Crippen molar-refractivity contribution in [2.24, 2.45) is 5.41 Å². The maximum Gasteiger partial charge on any atom is 0.293 e. The SMILES string of the molecule is CC1(CCCCCCc2cc(O)c(O)c(CCCCCCC3(OC=O)CC3)c2)CC1. The van der Waals surface area contributed by atoms with E-state index in [4.69, 9.17) is 4.74 Å². The summed E-state index contributed by atoms with van der Waals surface area (Å²) in [6.45, 7) is 2.99. The van der Waals surface area contributed by atoms with Crippen molar-refractivity contribution in [2.45, 2.75) is 115 Å². The standard InChI is InChI=1S/C26H40O4/c1-25(14-15-25)12-8-4-2-6-10-21-18-22(24(29)23(28)19-21)11-7-3-5-9-13-26(16-17-26)30-20-27/h18-20,28-29H,2-17H2,1H3. The Morgan fingerprint density at radius 3 is 2.13 bits per heavy atom. The van der Waals surface area contributed by atoms with Crippen molar-refractivity contribution in [3.05, 3.63) is 23.3 Å². The third kappa shape index (κ3) is 7.21. The summed E-state index contributed by atoms with van der Waals surface area (Å²) >= 11 is 0. The molecule has 2 saturated carbocycles. The summed E-state index contributed by atoms with van der Waals surface area (Å²) in [4.78, 5) is 10.5. The van der Waals surface area contributed by atoms with Crippen LogP contribution in [0.15, 0.2) is 12.1 Å². The molecule has 0 aliphatic heterocycles. The zero-order chi connectivity index (χ0) is 21.5. The fraction of sp³-hybridized carbons (Fsp3) is 0.731. The number of phenolic OH excluding ortho intramolecular Hbond substituents is 2. The number of hydrogen-bond acceptors (Lipinski definition) is 4. The number of aromatic hydroxyl groups is 2. The third-order valence-electron chi connectivity index (χ3n) is 7.26. The van der Waals surface area contributed by atoms with E-state index in [9.17, 15) is 15.0 Å². The molecule has 2 N–H and O–H groups in total. The van der Waals surface area contributed by atoms with Gasteiger partial charge in [0.2, 0.25) is 0 Å². The van der Waals surface area contributed by atoms with Gasteiger partial charge in [-0.15, -0.1) is 0 Å². The molecule has 0 saturated heterocycles. The second-order valence-corrected chi connectivity index (χ2v) is 10.2. The molecule has 0 atom stereocenters. The molecule has 0 aromatic heterocycles. The molecule has 0 bridgehead atoms. The Balaban J connectivity index is 1.31. The van der Waals surface area contributed by atoms with Gasteiger partial charge in [0.25, 0.3) is 6.47 Å². The predicted molar refractivity (Wildman–Crippen MR) is 120 cm³/mol. The van der Waals surface area contributed by atoms with E-state index in [0.717, 1.165) is 75.3 Å². The molecule has 168 valence electrons. The quantitative estimate of drug-likeness (QED) is 0.181. The first-order valence-electron chi connectivity index (χ1n) is 12.1. The molecule has 0 heterocycles. The Kier molecular flexibility index (Phi) is 8.07. The van der Waals surface area contributed by atoms with Crippen LogP contribution in [0.4, 0.5) is 0 Å². The number of phenols is 2. The molecule has 0 amide bonds. The minimum absolute atomic E-state index is 0.0193. The van der Waals surface area contributed by atoms with E-state index in [2.05, 4.69) is 13.0 Å². The summed E-state index contributed by atoms with van der Waals surface area (Å²) < 4.78 is 5.19. The lowest BCUT2D eigenvalue weighted by Gasteiger charge is -2.13. The molecule has 4 heteroatoms. The lowest BCUT2D eigenvalue weighted by molar-refractivity contribution is -0.135. The van der Waals surface area contributed by atoms with Crippen molar-refractivity contribution in [1.82, 2.24) is 0 Å². The largest absolute Gasteiger partial charge is 0.504 e. The monoisotopic (exact) mass is 416 g/mol. The molecule has 30 heavy (non-hydrogen) atoms. The zero-order valence-corrected chi connectivity index (χ0v) is 18.8. The molecule has 2 aliphatic rings. The van der Waals surface area contributed by atoms with Crippen LogP contribution < -0.4 is 0 Å². The van der Waals surface area contributed by atoms with Gasteiger partial charge in [-0.3, -0.25) is 4.79 Å². The Labute approximate surface area is 182 Å². The molecule has 0 radical (unpaired) electrons. The van der Waals surface area contributed by atoms with E-state index in [1.165, 1.54) is 38.5 Å². The van der Waals surface area contributed by atoms with Gasteiger partial charge >= 0.3 is 0 Å². The zero-order valence-electron chi connectivity index (χ0n) is 18.8. The summed E-state index contributed by atoms with van der Waals surface area (Å²) in [7, 11) is 0. The van der Waals surface area contributed by atoms with Gasteiger partial charge in [0, 0.05) is 0 Å². The lowest BCUT2D eigenvalue weighted by atomic mass is 9.97. The predicted octanol–water partition coefficient (Wildman–Crippen LogP) is 6.59. The molecular weight excluding hydrogens is 376 g/mol. The number of carbonyl (C=O) groups is 1. The van der Waals surface area contributed by atoms with Crippen molar-refractivity contribution in [2.75, 3.05) is 0 Å². The summed E-state index contributed by atoms with van der Waals surface area (Å²) in [6.07, 6.45) is 18.2. The number of carbonyl (C=O) groups excluding carboxylic acids is 1. The van der Waals surface area contributed by atoms with E-state index in [1.54, 1.807) is 6.07 Å². The lowest BCUT2D eigenvalue weighted by Crippen LogP contribution is -2.12. The highest BCUT2D eigenvalue weighted by Crippen LogP contribution is 2.49. The molecule has 2 fully saturated rings. The number of ether oxygens (including phenoxy) is 1. The maximum absolute atomic E-state index is 10.5. The summed E-state index contributed by atoms with van der Waals surface area (Å²) in [6, 6.07) is 3.81. The molecule has 4 nitrogen and oxygen atoms in total. The molecule has 1 aromatic carbocycles. The van der Waals surface area contributed by atoms with Crippen molar-refractivity contribution in [3.8, 4) is 11.5 Å². The van der Waals surface area contributed by atoms with Crippen LogP contribution >= 0.6 is 0 Å². The van der Waals surface area contributed by atoms with Crippen LogP contribution in [0.2, 0.25) is 0 Å². The van der Waals surface area contributed by atoms with E-state index in [0.29, 0.717) is 11.9 Å². The van der Waals surface area contributed by atoms with Crippen molar-refractivity contribution >= 4 is 6.47 Å². The van der Waals surface area contributed by atoms with Gasteiger partial charge in [-0.2, -0.15) is 0 Å². The maximum atomic E-state index is 10.5. The van der Waals surface area contributed by atoms with Gasteiger partial charge in [-0.25, -0.2) is 0 Å². The molecule has 1 aromatic rings. The number of hydrogen-bond donors (Lipinski definition) is 2. The summed E-state index contributed by atoms with van der Waals surface area (Å²) in [5, 5.41) is 20.3. The van der Waals surface area contributed by atoms with E-state index in [-0.39, 0.29) is 17.1 Å². The number of unbranched alkanes of at least 4 members (excludes halogenated alkanes) is 6. The highest BCUT2D eigenvalue weighted by molar-refractivity contribution is 5.47. The number of rotatable bonds is 16. The van der Waals surface area contributed by atoms with Crippen LogP contribution in [-0.2, 0) is 22.4 Å². The minimum atomic E-state index is -0.143. The minimum Gasteiger partial charge on any atom is -0.504 e. The van der Waals surface area contributed by atoms with Crippen LogP contribution in [0.1, 0.15) is 108 Å². The van der Waals surface area contributed by atoms with E-state index >= 15 is 0 Å². The molecule has 2 aliphatic carbocycles. The first-order valence-corrected chi connectivity index (χ1v) is 12.1. The average Bonchev–Trinajstić information content (AvgIpc) is 3.64. The highest BCUT2D eigenvalue weighted by Gasteiger charge is 2.44. The van der Waals surface area contributed by atoms with Gasteiger partial charge in [-0.1, -0.05) is 45.1 Å². The van der Waals surface area contributed by atoms with Crippen LogP contribution in [0.25, 0.3) is 0 Å². The van der Waals surface area contributed by atoms with Crippen LogP contribution in [-0.4, -0.2) is 22.3 Å². The summed E-state index contributed by atoms with van der Waals surface area (Å²) in [5.74, 6) is 0.0681. The van der Waals surface area contributed by atoms with E-state index in [1.807, 2.05) is 0 Å². The highest BCUT2D eigenvalue weighted by atomic mass is 16.5. The Morgan fingerprint density at radius 2 is 1.50 bits per heavy atom.